The molecule has 0 radical (unpaired) electrons. The van der Waals surface area contributed by atoms with E-state index in [0.717, 1.165) is 5.75 Å². The molecule has 5 nitrogen and oxygen atoms in total. The van der Waals surface area contributed by atoms with Crippen molar-refractivity contribution in [2.24, 2.45) is 5.92 Å². The number of ether oxygens (including phenoxy) is 1. The molecule has 0 aliphatic carbocycles. The van der Waals surface area contributed by atoms with Crippen LogP contribution >= 0.6 is 11.8 Å². The molecule has 24 heavy (non-hydrogen) atoms. The lowest BCUT2D eigenvalue weighted by Gasteiger charge is -2.50. The molecule has 1 heterocycles. The number of likely N-dealkylation sites (tertiary alicyclic amines) is 1. The standard InChI is InChI=1S/C17H31NO4SSi/c1-9-10-23-16-14(15(20)18(16)11-13(19)21-6)12(2)22-24(7,8)17(3,4)5/h9,12,14,16H,1,10-11H2,2-8H3/t12-,14+,16-/m1/s1. The summed E-state index contributed by atoms with van der Waals surface area (Å²) in [4.78, 5) is 25.7. The first kappa shape index (κ1) is 21.2. The maximum absolute atomic E-state index is 12.6. The second kappa shape index (κ2) is 8.06. The number of esters is 1. The molecule has 7 heteroatoms. The van der Waals surface area contributed by atoms with Crippen LogP contribution in [0.25, 0.3) is 0 Å². The second-order valence-corrected chi connectivity index (χ2v) is 13.6. The Bertz CT molecular complexity index is 489. The number of amides is 1. The predicted octanol–water partition coefficient (Wildman–Crippen LogP) is 3.27. The molecule has 1 aliphatic heterocycles. The van der Waals surface area contributed by atoms with Gasteiger partial charge in [0.05, 0.1) is 24.5 Å². The third kappa shape index (κ3) is 4.64. The van der Waals surface area contributed by atoms with Gasteiger partial charge >= 0.3 is 5.97 Å². The van der Waals surface area contributed by atoms with E-state index >= 15 is 0 Å². The molecule has 138 valence electrons. The van der Waals surface area contributed by atoms with Crippen molar-refractivity contribution in [3.63, 3.8) is 0 Å². The average Bonchev–Trinajstić information content (AvgIpc) is 2.46. The number of nitrogens with zero attached hydrogens (tertiary/aromatic N) is 1. The highest BCUT2D eigenvalue weighted by Crippen LogP contribution is 2.42. The van der Waals surface area contributed by atoms with Crippen LogP contribution in [0.1, 0.15) is 27.7 Å². The van der Waals surface area contributed by atoms with E-state index < -0.39 is 14.3 Å². The van der Waals surface area contributed by atoms with E-state index in [2.05, 4.69) is 40.4 Å². The maximum Gasteiger partial charge on any atom is 0.325 e. The third-order valence-corrected chi connectivity index (χ3v) is 10.8. The van der Waals surface area contributed by atoms with Crippen LogP contribution in [-0.4, -0.2) is 56.0 Å². The van der Waals surface area contributed by atoms with Crippen molar-refractivity contribution in [3.05, 3.63) is 12.7 Å². The number of carbonyl (C=O) groups is 2. The first-order chi connectivity index (χ1) is 11.0. The Morgan fingerprint density at radius 1 is 1.46 bits per heavy atom. The zero-order chi connectivity index (χ0) is 18.7. The van der Waals surface area contributed by atoms with Crippen molar-refractivity contribution >= 4 is 32.0 Å². The van der Waals surface area contributed by atoms with E-state index in [9.17, 15) is 9.59 Å². The van der Waals surface area contributed by atoms with Gasteiger partial charge in [0.1, 0.15) is 6.54 Å². The van der Waals surface area contributed by atoms with Gasteiger partial charge in [-0.25, -0.2) is 0 Å². The van der Waals surface area contributed by atoms with Crippen LogP contribution in [0.4, 0.5) is 0 Å². The van der Waals surface area contributed by atoms with Crippen molar-refractivity contribution in [2.45, 2.75) is 57.3 Å². The molecule has 1 aliphatic rings. The molecule has 1 fully saturated rings. The lowest BCUT2D eigenvalue weighted by atomic mass is 9.93. The Morgan fingerprint density at radius 2 is 2.04 bits per heavy atom. The number of β-lactam (4-membered cyclic amide) rings is 1. The first-order valence-electron chi connectivity index (χ1n) is 8.24. The SMILES string of the molecule is C=CCS[C@@H]1[C@@H]([C@@H](C)O[Si](C)(C)C(C)(C)C)C(=O)N1CC(=O)OC. The summed E-state index contributed by atoms with van der Waals surface area (Å²) in [5, 5.41) is 0.0122. The number of thioether (sulfide) groups is 1. The fourth-order valence-corrected chi connectivity index (χ4v) is 5.10. The minimum atomic E-state index is -1.96. The molecular weight excluding hydrogens is 342 g/mol. The molecule has 0 aromatic carbocycles. The molecule has 1 saturated heterocycles. The van der Waals surface area contributed by atoms with E-state index in [1.807, 2.05) is 6.92 Å². The Hall–Kier alpha value is -0.793. The monoisotopic (exact) mass is 373 g/mol. The van der Waals surface area contributed by atoms with Crippen molar-refractivity contribution in [1.29, 1.82) is 0 Å². The van der Waals surface area contributed by atoms with Crippen LogP contribution in [0.3, 0.4) is 0 Å². The van der Waals surface area contributed by atoms with E-state index in [0.29, 0.717) is 0 Å². The average molecular weight is 374 g/mol. The van der Waals surface area contributed by atoms with Crippen LogP contribution < -0.4 is 0 Å². The largest absolute Gasteiger partial charge is 0.468 e. The normalized spacial score (nSPS) is 22.8. The van der Waals surface area contributed by atoms with Crippen LogP contribution in [0, 0.1) is 5.92 Å². The van der Waals surface area contributed by atoms with E-state index in [4.69, 9.17) is 9.16 Å². The highest BCUT2D eigenvalue weighted by Gasteiger charge is 2.53. The van der Waals surface area contributed by atoms with E-state index in [1.54, 1.807) is 22.7 Å². The van der Waals surface area contributed by atoms with Gasteiger partial charge in [-0.15, -0.1) is 18.3 Å². The zero-order valence-electron chi connectivity index (χ0n) is 15.9. The number of hydrogen-bond acceptors (Lipinski definition) is 5. The smallest absolute Gasteiger partial charge is 0.325 e. The summed E-state index contributed by atoms with van der Waals surface area (Å²) >= 11 is 1.61. The summed E-state index contributed by atoms with van der Waals surface area (Å²) in [6, 6.07) is 0. The quantitative estimate of drug-likeness (QED) is 0.283. The summed E-state index contributed by atoms with van der Waals surface area (Å²) in [5.41, 5.74) is 0. The highest BCUT2D eigenvalue weighted by molar-refractivity contribution is 8.00. The van der Waals surface area contributed by atoms with Gasteiger partial charge in [0.25, 0.3) is 0 Å². The number of rotatable bonds is 8. The highest BCUT2D eigenvalue weighted by atomic mass is 32.2. The molecule has 1 rings (SSSR count). The molecule has 0 N–H and O–H groups in total. The summed E-state index contributed by atoms with van der Waals surface area (Å²) < 4.78 is 11.1. The van der Waals surface area contributed by atoms with Crippen LogP contribution in [0.2, 0.25) is 18.1 Å². The van der Waals surface area contributed by atoms with Crippen LogP contribution in [0.15, 0.2) is 12.7 Å². The lowest BCUT2D eigenvalue weighted by molar-refractivity contribution is -0.163. The Balaban J connectivity index is 2.86. The molecule has 0 saturated carbocycles. The van der Waals surface area contributed by atoms with Crippen molar-refractivity contribution in [3.8, 4) is 0 Å². The zero-order valence-corrected chi connectivity index (χ0v) is 17.7. The number of carbonyl (C=O) groups excluding carboxylic acids is 2. The van der Waals surface area contributed by atoms with E-state index in [-0.39, 0.29) is 34.9 Å². The molecule has 3 atom stereocenters. The van der Waals surface area contributed by atoms with Gasteiger partial charge in [0, 0.05) is 5.75 Å². The minimum Gasteiger partial charge on any atom is -0.468 e. The molecule has 0 unspecified atom stereocenters. The van der Waals surface area contributed by atoms with Crippen molar-refractivity contribution in [1.82, 2.24) is 4.90 Å². The Morgan fingerprint density at radius 3 is 2.50 bits per heavy atom. The minimum absolute atomic E-state index is 0.00649. The van der Waals surface area contributed by atoms with Crippen LogP contribution in [-0.2, 0) is 18.8 Å². The molecular formula is C17H31NO4SSi. The van der Waals surface area contributed by atoms with Gasteiger partial charge in [-0.3, -0.25) is 9.59 Å². The summed E-state index contributed by atoms with van der Waals surface area (Å²) in [6.45, 7) is 16.6. The Kier molecular flexibility index (Phi) is 7.13. The summed E-state index contributed by atoms with van der Waals surface area (Å²) in [7, 11) is -0.624. The number of methoxy groups -OCH3 is 1. The first-order valence-corrected chi connectivity index (χ1v) is 12.2. The molecule has 0 aromatic heterocycles. The van der Waals surface area contributed by atoms with Gasteiger partial charge in [-0.2, -0.15) is 0 Å². The molecule has 0 aromatic rings. The summed E-state index contributed by atoms with van der Waals surface area (Å²) in [6.07, 6.45) is 1.63. The topological polar surface area (TPSA) is 55.8 Å². The second-order valence-electron chi connectivity index (χ2n) is 7.66. The fraction of sp³-hybridized carbons (Fsp3) is 0.765. The van der Waals surface area contributed by atoms with Gasteiger partial charge in [-0.1, -0.05) is 26.8 Å². The van der Waals surface area contributed by atoms with Gasteiger partial charge in [0.2, 0.25) is 5.91 Å². The van der Waals surface area contributed by atoms with E-state index in [1.165, 1.54) is 7.11 Å². The predicted molar refractivity (Wildman–Crippen MR) is 101 cm³/mol. The third-order valence-electron chi connectivity index (χ3n) is 4.89. The summed E-state index contributed by atoms with van der Waals surface area (Å²) in [5.74, 6) is 0.0599. The van der Waals surface area contributed by atoms with Crippen molar-refractivity contribution < 1.29 is 18.8 Å². The Labute approximate surface area is 151 Å². The number of hydrogen-bond donors (Lipinski definition) is 0. The van der Waals surface area contributed by atoms with Gasteiger partial charge in [-0.05, 0) is 25.1 Å². The molecule has 0 spiro atoms. The van der Waals surface area contributed by atoms with Gasteiger partial charge < -0.3 is 14.1 Å². The van der Waals surface area contributed by atoms with Crippen molar-refractivity contribution in [2.75, 3.05) is 19.4 Å². The van der Waals surface area contributed by atoms with Crippen LogP contribution in [0.5, 0.6) is 0 Å². The maximum atomic E-state index is 12.6. The molecule has 0 bridgehead atoms. The molecule has 1 amide bonds. The fourth-order valence-electron chi connectivity index (χ4n) is 2.43. The lowest BCUT2D eigenvalue weighted by Crippen LogP contribution is -2.65. The van der Waals surface area contributed by atoms with Gasteiger partial charge in [0.15, 0.2) is 8.32 Å².